The number of carbonyl (C=O) groups is 1. The Bertz CT molecular complexity index is 1320. The van der Waals surface area contributed by atoms with E-state index in [0.29, 0.717) is 41.9 Å². The molecular formula is C38H54O4. The molecule has 0 heterocycles. The molecule has 4 heteroatoms. The Morgan fingerprint density at radius 1 is 0.976 bits per heavy atom. The molecule has 9 atom stereocenters. The van der Waals surface area contributed by atoms with Crippen molar-refractivity contribution in [2.75, 3.05) is 13.7 Å². The van der Waals surface area contributed by atoms with Gasteiger partial charge in [-0.2, -0.15) is 0 Å². The Balaban J connectivity index is 1.37. The zero-order valence-corrected chi connectivity index (χ0v) is 27.2. The number of benzene rings is 1. The van der Waals surface area contributed by atoms with Gasteiger partial charge in [0.05, 0.1) is 7.11 Å². The second-order valence-corrected chi connectivity index (χ2v) is 16.5. The summed E-state index contributed by atoms with van der Waals surface area (Å²) in [5, 5.41) is 20.4. The molecule has 0 radical (unpaired) electrons. The van der Waals surface area contributed by atoms with Crippen molar-refractivity contribution in [2.24, 2.45) is 56.7 Å². The van der Waals surface area contributed by atoms with Crippen molar-refractivity contribution in [1.82, 2.24) is 0 Å². The van der Waals surface area contributed by atoms with E-state index < -0.39 is 5.97 Å². The monoisotopic (exact) mass is 574 g/mol. The Morgan fingerprint density at radius 2 is 1.71 bits per heavy atom. The first-order valence-corrected chi connectivity index (χ1v) is 16.6. The van der Waals surface area contributed by atoms with Gasteiger partial charge in [-0.3, -0.25) is 0 Å². The predicted molar refractivity (Wildman–Crippen MR) is 169 cm³/mol. The number of rotatable bonds is 5. The molecule has 4 saturated carbocycles. The second kappa shape index (κ2) is 9.71. The van der Waals surface area contributed by atoms with E-state index in [1.165, 1.54) is 49.7 Å². The topological polar surface area (TPSA) is 66.8 Å². The van der Waals surface area contributed by atoms with Crippen molar-refractivity contribution in [3.05, 3.63) is 47.6 Å². The first kappa shape index (κ1) is 30.0. The number of hydrogen-bond acceptors (Lipinski definition) is 3. The van der Waals surface area contributed by atoms with Crippen LogP contribution in [-0.2, 0) is 0 Å². The van der Waals surface area contributed by atoms with Crippen LogP contribution in [0.15, 0.2) is 36.4 Å². The van der Waals surface area contributed by atoms with Gasteiger partial charge < -0.3 is 14.9 Å². The SMILES string of the molecule is C=C(C)C1CCC2(CO)CCC3(C)C(CCC4C5(C)CC=C(c6ccc(C(=O)O)c(OC)c6)C(C)(C)C5CCC43C)C12. The first-order valence-electron chi connectivity index (χ1n) is 16.6. The smallest absolute Gasteiger partial charge is 0.339 e. The number of aliphatic hydroxyl groups is 1. The van der Waals surface area contributed by atoms with Crippen LogP contribution in [-0.4, -0.2) is 29.9 Å². The molecule has 0 amide bonds. The van der Waals surface area contributed by atoms with Crippen molar-refractivity contribution in [2.45, 2.75) is 99.3 Å². The zero-order valence-electron chi connectivity index (χ0n) is 27.2. The van der Waals surface area contributed by atoms with Crippen LogP contribution in [0.4, 0.5) is 0 Å². The number of carboxylic acid groups (broad SMARTS) is 1. The molecule has 6 rings (SSSR count). The van der Waals surface area contributed by atoms with Gasteiger partial charge in [0.1, 0.15) is 11.3 Å². The lowest BCUT2D eigenvalue weighted by atomic mass is 9.32. The van der Waals surface area contributed by atoms with Crippen molar-refractivity contribution < 1.29 is 19.7 Å². The van der Waals surface area contributed by atoms with Crippen LogP contribution in [0, 0.1) is 56.7 Å². The molecule has 2 N–H and O–H groups in total. The van der Waals surface area contributed by atoms with Crippen LogP contribution in [0.5, 0.6) is 5.75 Å². The highest BCUT2D eigenvalue weighted by Crippen LogP contribution is 2.77. The molecule has 230 valence electrons. The quantitative estimate of drug-likeness (QED) is 0.344. The average molecular weight is 575 g/mol. The summed E-state index contributed by atoms with van der Waals surface area (Å²) in [4.78, 5) is 11.8. The maximum absolute atomic E-state index is 11.8. The van der Waals surface area contributed by atoms with E-state index in [4.69, 9.17) is 4.74 Å². The number of carboxylic acids is 1. The van der Waals surface area contributed by atoms with E-state index in [2.05, 4.69) is 54.2 Å². The van der Waals surface area contributed by atoms with E-state index in [9.17, 15) is 15.0 Å². The standard InChI is InChI=1S/C38H54O4/c1-23(2)25-13-18-38(22-39)20-19-36(6)28(32(25)38)11-12-31-35(5)16-14-27(34(3,4)30(35)15-17-37(31,36)7)24-9-10-26(33(40)41)29(21-24)42-8/h9-10,14,21,25,28,30-32,39H,1,11-13,15-20,22H2,2-8H3,(H,40,41). The molecule has 0 aliphatic heterocycles. The minimum atomic E-state index is -0.954. The Hall–Kier alpha value is -2.07. The summed E-state index contributed by atoms with van der Waals surface area (Å²) in [6.07, 6.45) is 13.4. The summed E-state index contributed by atoms with van der Waals surface area (Å²) in [6.45, 7) is 19.8. The van der Waals surface area contributed by atoms with Crippen LogP contribution < -0.4 is 4.74 Å². The summed E-state index contributed by atoms with van der Waals surface area (Å²) in [5.41, 5.74) is 4.81. The van der Waals surface area contributed by atoms with Gasteiger partial charge in [0.25, 0.3) is 0 Å². The van der Waals surface area contributed by atoms with Gasteiger partial charge in [0.2, 0.25) is 0 Å². The summed E-state index contributed by atoms with van der Waals surface area (Å²) < 4.78 is 5.52. The van der Waals surface area contributed by atoms with Gasteiger partial charge in [-0.1, -0.05) is 58.9 Å². The van der Waals surface area contributed by atoms with Crippen LogP contribution in [0.3, 0.4) is 0 Å². The first-order chi connectivity index (χ1) is 19.7. The number of methoxy groups -OCH3 is 1. The summed E-state index contributed by atoms with van der Waals surface area (Å²) in [7, 11) is 1.56. The molecule has 5 aliphatic rings. The molecule has 9 unspecified atom stereocenters. The summed E-state index contributed by atoms with van der Waals surface area (Å²) >= 11 is 0. The molecule has 0 bridgehead atoms. The lowest BCUT2D eigenvalue weighted by Crippen LogP contribution is -2.65. The van der Waals surface area contributed by atoms with Crippen LogP contribution in [0.25, 0.3) is 5.57 Å². The fourth-order valence-electron chi connectivity index (χ4n) is 12.7. The molecule has 1 aromatic rings. The number of aromatic carboxylic acids is 1. The Kier molecular flexibility index (Phi) is 6.93. The zero-order chi connectivity index (χ0) is 30.5. The van der Waals surface area contributed by atoms with E-state index in [1.807, 2.05) is 12.1 Å². The van der Waals surface area contributed by atoms with Crippen molar-refractivity contribution >= 4 is 11.5 Å². The molecule has 0 saturated heterocycles. The molecule has 1 aromatic carbocycles. The van der Waals surface area contributed by atoms with Gasteiger partial charge in [-0.15, -0.1) is 0 Å². The maximum Gasteiger partial charge on any atom is 0.339 e. The van der Waals surface area contributed by atoms with Gasteiger partial charge in [-0.25, -0.2) is 4.79 Å². The van der Waals surface area contributed by atoms with Crippen molar-refractivity contribution in [1.29, 1.82) is 0 Å². The fraction of sp³-hybridized carbons (Fsp3) is 0.711. The van der Waals surface area contributed by atoms with E-state index in [0.717, 1.165) is 24.8 Å². The predicted octanol–water partition coefficient (Wildman–Crippen LogP) is 9.04. The highest BCUT2D eigenvalue weighted by molar-refractivity contribution is 5.91. The number of fused-ring (bicyclic) bond motifs is 7. The average Bonchev–Trinajstić information content (AvgIpc) is 3.33. The number of aliphatic hydroxyl groups excluding tert-OH is 1. The third kappa shape index (κ3) is 3.78. The van der Waals surface area contributed by atoms with Gasteiger partial charge in [-0.05, 0) is 145 Å². The van der Waals surface area contributed by atoms with Gasteiger partial charge in [0, 0.05) is 6.61 Å². The normalized spacial score (nSPS) is 43.7. The summed E-state index contributed by atoms with van der Waals surface area (Å²) in [6, 6.07) is 5.63. The Labute approximate surface area is 254 Å². The minimum absolute atomic E-state index is 0.0308. The molecule has 42 heavy (non-hydrogen) atoms. The minimum Gasteiger partial charge on any atom is -0.496 e. The largest absolute Gasteiger partial charge is 0.496 e. The van der Waals surface area contributed by atoms with E-state index >= 15 is 0 Å². The lowest BCUT2D eigenvalue weighted by Gasteiger charge is -2.72. The molecule has 4 fully saturated rings. The lowest BCUT2D eigenvalue weighted by molar-refractivity contribution is -0.228. The molecule has 0 spiro atoms. The highest BCUT2D eigenvalue weighted by atomic mass is 16.5. The maximum atomic E-state index is 11.8. The van der Waals surface area contributed by atoms with Crippen LogP contribution in [0.2, 0.25) is 0 Å². The Morgan fingerprint density at radius 3 is 2.36 bits per heavy atom. The molecular weight excluding hydrogens is 520 g/mol. The molecule has 0 aromatic heterocycles. The molecule has 5 aliphatic carbocycles. The third-order valence-electron chi connectivity index (χ3n) is 14.9. The summed E-state index contributed by atoms with van der Waals surface area (Å²) in [5.74, 6) is 2.48. The van der Waals surface area contributed by atoms with Crippen molar-refractivity contribution in [3.63, 3.8) is 0 Å². The van der Waals surface area contributed by atoms with Gasteiger partial charge >= 0.3 is 5.97 Å². The van der Waals surface area contributed by atoms with E-state index in [1.54, 1.807) is 13.2 Å². The second-order valence-electron chi connectivity index (χ2n) is 16.5. The number of ether oxygens (including phenoxy) is 1. The highest BCUT2D eigenvalue weighted by Gasteiger charge is 2.70. The van der Waals surface area contributed by atoms with Crippen molar-refractivity contribution in [3.8, 4) is 5.75 Å². The van der Waals surface area contributed by atoms with Gasteiger partial charge in [0.15, 0.2) is 0 Å². The third-order valence-corrected chi connectivity index (χ3v) is 14.9. The van der Waals surface area contributed by atoms with E-state index in [-0.39, 0.29) is 32.6 Å². The number of hydrogen-bond donors (Lipinski definition) is 2. The number of allylic oxidation sites excluding steroid dienone is 3. The fourth-order valence-corrected chi connectivity index (χ4v) is 12.7. The molecule has 4 nitrogen and oxygen atoms in total. The van der Waals surface area contributed by atoms with Crippen LogP contribution >= 0.6 is 0 Å². The van der Waals surface area contributed by atoms with Crippen LogP contribution in [0.1, 0.15) is 115 Å².